The van der Waals surface area contributed by atoms with Crippen LogP contribution in [0.1, 0.15) is 0 Å². The van der Waals surface area contributed by atoms with Crippen molar-refractivity contribution in [2.75, 3.05) is 0 Å². The quantitative estimate of drug-likeness (QED) is 0.223. The summed E-state index contributed by atoms with van der Waals surface area (Å²) in [7, 11) is 0. The van der Waals surface area contributed by atoms with Gasteiger partial charge in [-0.1, -0.05) is 54.6 Å². The van der Waals surface area contributed by atoms with Gasteiger partial charge in [0.25, 0.3) is 0 Å². The van der Waals surface area contributed by atoms with Crippen LogP contribution in [0.2, 0.25) is 0 Å². The smallest absolute Gasteiger partial charge is 0.164 e. The molecule has 2 aromatic heterocycles. The second kappa shape index (κ2) is 7.36. The average Bonchev–Trinajstić information content (AvgIpc) is 3.23. The van der Waals surface area contributed by atoms with Crippen molar-refractivity contribution in [2.45, 2.75) is 0 Å². The number of hydrogen-bond acceptors (Lipinski definition) is 3. The van der Waals surface area contributed by atoms with Crippen molar-refractivity contribution in [3.63, 3.8) is 0 Å². The van der Waals surface area contributed by atoms with Gasteiger partial charge < -0.3 is 5.11 Å². The van der Waals surface area contributed by atoms with E-state index in [1.807, 2.05) is 59.2 Å². The molecular formula is C28H17N3OZn. The summed E-state index contributed by atoms with van der Waals surface area (Å²) in [6.07, 6.45) is 1.77. The third-order valence-corrected chi connectivity index (χ3v) is 6.29. The summed E-state index contributed by atoms with van der Waals surface area (Å²) < 4.78 is 2.02. The van der Waals surface area contributed by atoms with Crippen LogP contribution in [-0.4, -0.2) is 19.6 Å². The fourth-order valence-corrected chi connectivity index (χ4v) is 4.88. The number of phenols is 1. The molecule has 0 bridgehead atoms. The summed E-state index contributed by atoms with van der Waals surface area (Å²) in [5, 5.41) is 18.0. The Balaban J connectivity index is 0.00000206. The number of pyridine rings is 1. The summed E-state index contributed by atoms with van der Waals surface area (Å²) in [4.78, 5) is 9.49. The van der Waals surface area contributed by atoms with Gasteiger partial charge in [-0.3, -0.25) is 4.57 Å². The van der Waals surface area contributed by atoms with E-state index in [0.29, 0.717) is 11.4 Å². The number of para-hydroxylation sites is 1. The number of aromatic hydroxyl groups is 1. The minimum Gasteiger partial charge on any atom is -0.507 e. The molecule has 5 heteroatoms. The Morgan fingerprint density at radius 2 is 1.45 bits per heavy atom. The fourth-order valence-electron chi connectivity index (χ4n) is 4.88. The zero-order valence-electron chi connectivity index (χ0n) is 17.7. The monoisotopic (exact) mass is 475 g/mol. The first-order chi connectivity index (χ1) is 15.8. The van der Waals surface area contributed by atoms with Crippen molar-refractivity contribution in [3.05, 3.63) is 97.2 Å². The molecule has 7 rings (SSSR count). The first-order valence-corrected chi connectivity index (χ1v) is 10.6. The van der Waals surface area contributed by atoms with E-state index in [9.17, 15) is 5.11 Å². The molecule has 1 N–H and O–H groups in total. The minimum atomic E-state index is 0. The maximum Gasteiger partial charge on any atom is 0.164 e. The number of rotatable bonds is 2. The van der Waals surface area contributed by atoms with E-state index < -0.39 is 0 Å². The number of aromatic nitrogens is 3. The van der Waals surface area contributed by atoms with E-state index >= 15 is 0 Å². The third-order valence-electron chi connectivity index (χ3n) is 6.29. The van der Waals surface area contributed by atoms with E-state index in [1.165, 1.54) is 16.2 Å². The van der Waals surface area contributed by atoms with Crippen LogP contribution in [0, 0.1) is 0 Å². The largest absolute Gasteiger partial charge is 0.507 e. The zero-order chi connectivity index (χ0) is 21.2. The van der Waals surface area contributed by atoms with Crippen LogP contribution in [-0.2, 0) is 19.5 Å². The molecule has 0 amide bonds. The van der Waals surface area contributed by atoms with Gasteiger partial charge in [0.2, 0.25) is 0 Å². The second-order valence-electron chi connectivity index (χ2n) is 8.08. The van der Waals surface area contributed by atoms with Crippen molar-refractivity contribution in [2.24, 2.45) is 0 Å². The molecule has 0 aliphatic carbocycles. The molecular weight excluding hydrogens is 460 g/mol. The van der Waals surface area contributed by atoms with Gasteiger partial charge in [0.05, 0.1) is 5.56 Å². The van der Waals surface area contributed by atoms with Crippen LogP contribution >= 0.6 is 0 Å². The molecule has 0 aliphatic heterocycles. The summed E-state index contributed by atoms with van der Waals surface area (Å²) in [5.41, 5.74) is 3.19. The van der Waals surface area contributed by atoms with E-state index in [0.717, 1.165) is 33.0 Å². The Labute approximate surface area is 202 Å². The number of imidazole rings is 1. The second-order valence-corrected chi connectivity index (χ2v) is 8.08. The average molecular weight is 477 g/mol. The molecule has 0 saturated carbocycles. The molecule has 33 heavy (non-hydrogen) atoms. The van der Waals surface area contributed by atoms with E-state index in [2.05, 4.69) is 41.4 Å². The molecule has 0 saturated heterocycles. The number of benzene rings is 5. The van der Waals surface area contributed by atoms with Gasteiger partial charge in [0, 0.05) is 42.1 Å². The molecule has 0 fully saturated rings. The van der Waals surface area contributed by atoms with Crippen molar-refractivity contribution >= 4 is 43.5 Å². The summed E-state index contributed by atoms with van der Waals surface area (Å²) >= 11 is 0. The first-order valence-electron chi connectivity index (χ1n) is 10.6. The van der Waals surface area contributed by atoms with Crippen molar-refractivity contribution in [1.82, 2.24) is 14.5 Å². The summed E-state index contributed by atoms with van der Waals surface area (Å²) in [5.74, 6) is 0.913. The van der Waals surface area contributed by atoms with E-state index in [-0.39, 0.29) is 25.2 Å². The van der Waals surface area contributed by atoms with Gasteiger partial charge in [-0.15, -0.1) is 0 Å². The van der Waals surface area contributed by atoms with Crippen LogP contribution in [0.5, 0.6) is 5.75 Å². The van der Waals surface area contributed by atoms with E-state index in [1.54, 1.807) is 6.20 Å². The maximum absolute atomic E-state index is 11.5. The van der Waals surface area contributed by atoms with Crippen molar-refractivity contribution < 1.29 is 24.6 Å². The summed E-state index contributed by atoms with van der Waals surface area (Å²) in [6.45, 7) is 0. The maximum atomic E-state index is 11.5. The Kier molecular flexibility index (Phi) is 4.43. The third kappa shape index (κ3) is 2.79. The summed E-state index contributed by atoms with van der Waals surface area (Å²) in [6, 6.07) is 30.6. The fraction of sp³-hybridized carbons (Fsp3) is 0. The van der Waals surface area contributed by atoms with E-state index in [4.69, 9.17) is 4.98 Å². The molecule has 4 nitrogen and oxygen atoms in total. The van der Waals surface area contributed by atoms with Crippen molar-refractivity contribution in [1.29, 1.82) is 0 Å². The zero-order valence-corrected chi connectivity index (χ0v) is 20.7. The standard InChI is InChI=1S/C28H17N3O.Zn/c32-26-21-14-13-18-7-4-6-17-11-12-19(25(21)24(17)18)16-22(26)27-30-23-10-5-15-29-28(23)31(27)20-8-2-1-3-9-20;/h1-16,32H;. The molecule has 7 aromatic rings. The Bertz CT molecular complexity index is 1770. The molecule has 152 valence electrons. The topological polar surface area (TPSA) is 50.9 Å². The molecule has 0 spiro atoms. The first kappa shape index (κ1) is 19.8. The van der Waals surface area contributed by atoms with Gasteiger partial charge in [-0.25, -0.2) is 9.97 Å². The van der Waals surface area contributed by atoms with Gasteiger partial charge in [0.1, 0.15) is 11.3 Å². The van der Waals surface area contributed by atoms with Crippen LogP contribution in [0.4, 0.5) is 0 Å². The SMILES string of the molecule is Oc1c(-c2nc3cccnc3n2-c2ccccc2)cc2ccc3cccc4ccc1c2c34.[Zn]. The Morgan fingerprint density at radius 1 is 0.697 bits per heavy atom. The number of nitrogens with zero attached hydrogens (tertiary/aromatic N) is 3. The molecule has 0 aliphatic rings. The Hall–Kier alpha value is -3.82. The predicted octanol–water partition coefficient (Wildman–Crippen LogP) is 6.69. The van der Waals surface area contributed by atoms with Gasteiger partial charge >= 0.3 is 0 Å². The number of phenolic OH excluding ortho intramolecular Hbond substituents is 1. The normalized spacial score (nSPS) is 11.5. The van der Waals surface area contributed by atoms with Crippen LogP contribution < -0.4 is 0 Å². The van der Waals surface area contributed by atoms with Gasteiger partial charge in [0.15, 0.2) is 11.5 Å². The number of fused-ring (bicyclic) bond motifs is 1. The molecule has 5 aromatic carbocycles. The van der Waals surface area contributed by atoms with Crippen LogP contribution in [0.25, 0.3) is 60.6 Å². The van der Waals surface area contributed by atoms with Gasteiger partial charge in [-0.05, 0) is 57.9 Å². The van der Waals surface area contributed by atoms with Crippen LogP contribution in [0.3, 0.4) is 0 Å². The minimum absolute atomic E-state index is 0. The van der Waals surface area contributed by atoms with Crippen LogP contribution in [0.15, 0.2) is 97.2 Å². The Morgan fingerprint density at radius 3 is 2.27 bits per heavy atom. The van der Waals surface area contributed by atoms with Crippen molar-refractivity contribution in [3.8, 4) is 22.8 Å². The number of hydrogen-bond donors (Lipinski definition) is 1. The molecule has 2 heterocycles. The van der Waals surface area contributed by atoms with Gasteiger partial charge in [-0.2, -0.15) is 0 Å². The molecule has 0 radical (unpaired) electrons. The molecule has 0 unspecified atom stereocenters. The predicted molar refractivity (Wildman–Crippen MR) is 130 cm³/mol. The molecule has 0 atom stereocenters.